The normalized spacial score (nSPS) is 10.9. The number of furan rings is 1. The van der Waals surface area contributed by atoms with Gasteiger partial charge in [0.1, 0.15) is 5.58 Å². The van der Waals surface area contributed by atoms with E-state index >= 15 is 0 Å². The maximum Gasteiger partial charge on any atom is 0.338 e. The average Bonchev–Trinajstić information content (AvgIpc) is 3.12. The van der Waals surface area contributed by atoms with Crippen molar-refractivity contribution in [3.8, 4) is 0 Å². The lowest BCUT2D eigenvalue weighted by molar-refractivity contribution is -0.115. The summed E-state index contributed by atoms with van der Waals surface area (Å²) in [6.45, 7) is 2.08. The van der Waals surface area contributed by atoms with Gasteiger partial charge in [-0.3, -0.25) is 4.79 Å². The van der Waals surface area contributed by atoms with Crippen LogP contribution in [0.2, 0.25) is 0 Å². The van der Waals surface area contributed by atoms with E-state index < -0.39 is 0 Å². The minimum absolute atomic E-state index is 0.153. The van der Waals surface area contributed by atoms with Crippen LogP contribution in [0.25, 0.3) is 21.7 Å². The molecule has 0 aliphatic rings. The summed E-state index contributed by atoms with van der Waals surface area (Å²) in [6.07, 6.45) is 1.83. The standard InChI is InChI=1S/C23H19NO4/c1-2-27-23(26)16-7-10-18(11-8-16)24-21(25)13-17-14-28-20-12-9-15-5-3-4-6-19(15)22(17)20/h3-12,14H,2,13H2,1H3,(H,24,25). The molecule has 0 saturated carbocycles. The highest BCUT2D eigenvalue weighted by Gasteiger charge is 2.14. The summed E-state index contributed by atoms with van der Waals surface area (Å²) in [4.78, 5) is 24.2. The molecule has 0 aliphatic carbocycles. The molecule has 1 aromatic heterocycles. The number of carbonyl (C=O) groups excluding carboxylic acids is 2. The van der Waals surface area contributed by atoms with Crippen molar-refractivity contribution in [3.05, 3.63) is 78.1 Å². The topological polar surface area (TPSA) is 68.5 Å². The minimum Gasteiger partial charge on any atom is -0.464 e. The maximum atomic E-state index is 12.5. The van der Waals surface area contributed by atoms with E-state index in [0.717, 1.165) is 27.3 Å². The number of benzene rings is 3. The van der Waals surface area contributed by atoms with Gasteiger partial charge in [0.05, 0.1) is 24.9 Å². The average molecular weight is 373 g/mol. The Hall–Kier alpha value is -3.60. The Morgan fingerprint density at radius 3 is 2.57 bits per heavy atom. The van der Waals surface area contributed by atoms with Crippen LogP contribution in [-0.2, 0) is 16.0 Å². The van der Waals surface area contributed by atoms with E-state index in [1.807, 2.05) is 36.4 Å². The van der Waals surface area contributed by atoms with Crippen LogP contribution >= 0.6 is 0 Å². The second-order valence-corrected chi connectivity index (χ2v) is 6.44. The Morgan fingerprint density at radius 2 is 1.79 bits per heavy atom. The Kier molecular flexibility index (Phi) is 4.81. The third kappa shape index (κ3) is 3.47. The summed E-state index contributed by atoms with van der Waals surface area (Å²) in [5.41, 5.74) is 2.68. The van der Waals surface area contributed by atoms with Gasteiger partial charge in [-0.05, 0) is 48.0 Å². The second kappa shape index (κ2) is 7.56. The van der Waals surface area contributed by atoms with Gasteiger partial charge in [-0.25, -0.2) is 4.79 Å². The van der Waals surface area contributed by atoms with Crippen LogP contribution in [0.5, 0.6) is 0 Å². The van der Waals surface area contributed by atoms with Crippen molar-refractivity contribution in [2.24, 2.45) is 0 Å². The fraction of sp³-hybridized carbons (Fsp3) is 0.130. The van der Waals surface area contributed by atoms with E-state index in [-0.39, 0.29) is 18.3 Å². The van der Waals surface area contributed by atoms with E-state index in [1.165, 1.54) is 0 Å². The van der Waals surface area contributed by atoms with Crippen LogP contribution in [0.4, 0.5) is 5.69 Å². The highest BCUT2D eigenvalue weighted by molar-refractivity contribution is 6.09. The number of esters is 1. The third-order valence-corrected chi connectivity index (χ3v) is 4.57. The van der Waals surface area contributed by atoms with E-state index in [9.17, 15) is 9.59 Å². The summed E-state index contributed by atoms with van der Waals surface area (Å²) in [7, 11) is 0. The molecule has 5 heteroatoms. The van der Waals surface area contributed by atoms with Crippen LogP contribution in [0.1, 0.15) is 22.8 Å². The highest BCUT2D eigenvalue weighted by Crippen LogP contribution is 2.30. The number of nitrogens with one attached hydrogen (secondary N) is 1. The number of hydrogen-bond acceptors (Lipinski definition) is 4. The second-order valence-electron chi connectivity index (χ2n) is 6.44. The molecule has 0 fully saturated rings. The highest BCUT2D eigenvalue weighted by atomic mass is 16.5. The van der Waals surface area contributed by atoms with Crippen LogP contribution in [-0.4, -0.2) is 18.5 Å². The van der Waals surface area contributed by atoms with Gasteiger partial charge in [-0.2, -0.15) is 0 Å². The van der Waals surface area contributed by atoms with Crippen molar-refractivity contribution in [1.82, 2.24) is 0 Å². The first-order chi connectivity index (χ1) is 13.7. The largest absolute Gasteiger partial charge is 0.464 e. The maximum absolute atomic E-state index is 12.5. The smallest absolute Gasteiger partial charge is 0.338 e. The summed E-state index contributed by atoms with van der Waals surface area (Å²) >= 11 is 0. The summed E-state index contributed by atoms with van der Waals surface area (Å²) in [6, 6.07) is 18.6. The molecular weight excluding hydrogens is 354 g/mol. The Bertz CT molecular complexity index is 1160. The molecule has 4 rings (SSSR count). The molecule has 1 amide bonds. The predicted molar refractivity (Wildman–Crippen MR) is 108 cm³/mol. The van der Waals surface area contributed by atoms with Crippen molar-refractivity contribution in [1.29, 1.82) is 0 Å². The van der Waals surface area contributed by atoms with E-state index in [1.54, 1.807) is 37.5 Å². The van der Waals surface area contributed by atoms with Crippen molar-refractivity contribution in [3.63, 3.8) is 0 Å². The minimum atomic E-state index is -0.378. The van der Waals surface area contributed by atoms with Crippen molar-refractivity contribution in [2.45, 2.75) is 13.3 Å². The quantitative estimate of drug-likeness (QED) is 0.503. The molecule has 28 heavy (non-hydrogen) atoms. The van der Waals surface area contributed by atoms with Crippen molar-refractivity contribution >= 4 is 39.3 Å². The molecule has 4 aromatic rings. The zero-order valence-corrected chi connectivity index (χ0v) is 15.4. The van der Waals surface area contributed by atoms with Crippen molar-refractivity contribution in [2.75, 3.05) is 11.9 Å². The fourth-order valence-corrected chi connectivity index (χ4v) is 3.29. The zero-order chi connectivity index (χ0) is 19.5. The summed E-state index contributed by atoms with van der Waals surface area (Å²) in [5.74, 6) is -0.531. The molecular formula is C23H19NO4. The third-order valence-electron chi connectivity index (χ3n) is 4.57. The van der Waals surface area contributed by atoms with Gasteiger partial charge in [0.2, 0.25) is 5.91 Å². The zero-order valence-electron chi connectivity index (χ0n) is 15.4. The lowest BCUT2D eigenvalue weighted by atomic mass is 10.0. The number of fused-ring (bicyclic) bond motifs is 3. The van der Waals surface area contributed by atoms with Crippen LogP contribution < -0.4 is 5.32 Å². The predicted octanol–water partition coefficient (Wildman–Crippen LogP) is 4.94. The molecule has 140 valence electrons. The first kappa shape index (κ1) is 17.8. The van der Waals surface area contributed by atoms with Crippen LogP contribution in [0.3, 0.4) is 0 Å². The van der Waals surface area contributed by atoms with Gasteiger partial charge >= 0.3 is 5.97 Å². The SMILES string of the molecule is CCOC(=O)c1ccc(NC(=O)Cc2coc3ccc4ccccc4c23)cc1. The van der Waals surface area contributed by atoms with Crippen LogP contribution in [0.15, 0.2) is 71.3 Å². The summed E-state index contributed by atoms with van der Waals surface area (Å²) < 4.78 is 10.6. The van der Waals surface area contributed by atoms with Gasteiger partial charge in [-0.1, -0.05) is 30.3 Å². The number of anilines is 1. The fourth-order valence-electron chi connectivity index (χ4n) is 3.29. The molecule has 0 aliphatic heterocycles. The Morgan fingerprint density at radius 1 is 1.00 bits per heavy atom. The molecule has 3 aromatic carbocycles. The summed E-state index contributed by atoms with van der Waals surface area (Å²) in [5, 5.41) is 5.99. The number of amides is 1. The molecule has 0 spiro atoms. The van der Waals surface area contributed by atoms with E-state index in [0.29, 0.717) is 17.9 Å². The first-order valence-electron chi connectivity index (χ1n) is 9.10. The molecule has 0 radical (unpaired) electrons. The lowest BCUT2D eigenvalue weighted by Gasteiger charge is -2.07. The van der Waals surface area contributed by atoms with Gasteiger partial charge in [0.25, 0.3) is 0 Å². The number of carbonyl (C=O) groups is 2. The van der Waals surface area contributed by atoms with E-state index in [4.69, 9.17) is 9.15 Å². The van der Waals surface area contributed by atoms with Crippen LogP contribution in [0, 0.1) is 0 Å². The van der Waals surface area contributed by atoms with Gasteiger partial charge in [0.15, 0.2) is 0 Å². The van der Waals surface area contributed by atoms with Gasteiger partial charge in [0, 0.05) is 16.6 Å². The number of rotatable bonds is 5. The van der Waals surface area contributed by atoms with Crippen molar-refractivity contribution < 1.29 is 18.7 Å². The first-order valence-corrected chi connectivity index (χ1v) is 9.10. The molecule has 0 saturated heterocycles. The molecule has 5 nitrogen and oxygen atoms in total. The molecule has 0 atom stereocenters. The van der Waals surface area contributed by atoms with E-state index in [2.05, 4.69) is 5.32 Å². The van der Waals surface area contributed by atoms with Gasteiger partial charge < -0.3 is 14.5 Å². The lowest BCUT2D eigenvalue weighted by Crippen LogP contribution is -2.14. The molecule has 1 N–H and O–H groups in total. The Labute approximate surface area is 161 Å². The number of hydrogen-bond donors (Lipinski definition) is 1. The molecule has 1 heterocycles. The van der Waals surface area contributed by atoms with Gasteiger partial charge in [-0.15, -0.1) is 0 Å². The monoisotopic (exact) mass is 373 g/mol. The molecule has 0 unspecified atom stereocenters. The number of ether oxygens (including phenoxy) is 1. The Balaban J connectivity index is 1.53. The molecule has 0 bridgehead atoms.